The molecule has 5 heteroatoms. The molecule has 0 aliphatic heterocycles. The molecule has 80 valence electrons. The lowest BCUT2D eigenvalue weighted by molar-refractivity contribution is -0.122. The number of imidazole rings is 1. The van der Waals surface area contributed by atoms with E-state index in [0.717, 1.165) is 10.7 Å². The Morgan fingerprint density at radius 3 is 3.00 bits per heavy atom. The third-order valence-corrected chi connectivity index (χ3v) is 2.97. The fourth-order valence-corrected chi connectivity index (χ4v) is 1.97. The third kappa shape index (κ3) is 2.08. The van der Waals surface area contributed by atoms with E-state index in [1.54, 1.807) is 25.2 Å². The van der Waals surface area contributed by atoms with E-state index >= 15 is 0 Å². The summed E-state index contributed by atoms with van der Waals surface area (Å²) in [6, 6.07) is 0. The Bertz CT molecular complexity index is 463. The molecule has 0 fully saturated rings. The molecule has 0 aliphatic rings. The number of carbonyl (C=O) groups is 1. The molecule has 15 heavy (non-hydrogen) atoms. The summed E-state index contributed by atoms with van der Waals surface area (Å²) in [6.07, 6.45) is 4.10. The first kappa shape index (κ1) is 10.3. The van der Waals surface area contributed by atoms with Crippen LogP contribution < -0.4 is 5.73 Å². The van der Waals surface area contributed by atoms with Gasteiger partial charge in [0, 0.05) is 17.8 Å². The third-order valence-electron chi connectivity index (χ3n) is 2.20. The SMILES string of the molecule is CC(C)(N)C(=O)Cc1cn2ccsc2n1. The van der Waals surface area contributed by atoms with Crippen LogP contribution in [-0.4, -0.2) is 20.7 Å². The van der Waals surface area contributed by atoms with Crippen LogP contribution in [-0.2, 0) is 11.2 Å². The molecule has 0 aliphatic carbocycles. The molecule has 2 heterocycles. The molecule has 2 rings (SSSR count). The number of nitrogens with two attached hydrogens (primary N) is 1. The summed E-state index contributed by atoms with van der Waals surface area (Å²) in [7, 11) is 0. The van der Waals surface area contributed by atoms with Gasteiger partial charge in [0.05, 0.1) is 17.7 Å². The summed E-state index contributed by atoms with van der Waals surface area (Å²) in [6.45, 7) is 3.43. The largest absolute Gasteiger partial charge is 0.319 e. The molecule has 0 bridgehead atoms. The number of thiazole rings is 1. The van der Waals surface area contributed by atoms with Crippen LogP contribution in [0.3, 0.4) is 0 Å². The highest BCUT2D eigenvalue weighted by Crippen LogP contribution is 2.13. The minimum atomic E-state index is -0.781. The normalized spacial score (nSPS) is 12.2. The van der Waals surface area contributed by atoms with Crippen LogP contribution in [0.5, 0.6) is 0 Å². The molecule has 0 saturated carbocycles. The first-order valence-electron chi connectivity index (χ1n) is 4.70. The van der Waals surface area contributed by atoms with Gasteiger partial charge in [-0.25, -0.2) is 4.98 Å². The second-order valence-corrected chi connectivity index (χ2v) is 5.02. The summed E-state index contributed by atoms with van der Waals surface area (Å²) in [5, 5.41) is 1.96. The molecule has 0 aromatic carbocycles. The Morgan fingerprint density at radius 1 is 1.67 bits per heavy atom. The van der Waals surface area contributed by atoms with Crippen molar-refractivity contribution in [2.75, 3.05) is 0 Å². The number of carbonyl (C=O) groups excluding carboxylic acids is 1. The fourth-order valence-electron chi connectivity index (χ4n) is 1.25. The van der Waals surface area contributed by atoms with Gasteiger partial charge in [-0.1, -0.05) is 0 Å². The molecule has 0 radical (unpaired) electrons. The highest BCUT2D eigenvalue weighted by atomic mass is 32.1. The van der Waals surface area contributed by atoms with Crippen LogP contribution in [0.15, 0.2) is 17.8 Å². The Hall–Kier alpha value is -1.20. The van der Waals surface area contributed by atoms with Gasteiger partial charge in [-0.05, 0) is 13.8 Å². The number of hydrogen-bond donors (Lipinski definition) is 1. The van der Waals surface area contributed by atoms with Crippen LogP contribution in [0, 0.1) is 0 Å². The number of ketones is 1. The average molecular weight is 223 g/mol. The molecule has 0 saturated heterocycles. The van der Waals surface area contributed by atoms with Crippen LogP contribution in [0.1, 0.15) is 19.5 Å². The Balaban J connectivity index is 2.20. The van der Waals surface area contributed by atoms with Gasteiger partial charge in [-0.3, -0.25) is 9.20 Å². The van der Waals surface area contributed by atoms with Gasteiger partial charge in [-0.2, -0.15) is 0 Å². The lowest BCUT2D eigenvalue weighted by Crippen LogP contribution is -2.42. The highest BCUT2D eigenvalue weighted by Gasteiger charge is 2.22. The number of nitrogens with zero attached hydrogens (tertiary/aromatic N) is 2. The maximum atomic E-state index is 11.7. The molecule has 2 aromatic heterocycles. The predicted octanol–water partition coefficient (Wildman–Crippen LogP) is 1.24. The van der Waals surface area contributed by atoms with E-state index in [0.29, 0.717) is 6.42 Å². The smallest absolute Gasteiger partial charge is 0.193 e. The summed E-state index contributed by atoms with van der Waals surface area (Å²) in [5.74, 6) is 0.00764. The Labute approximate surface area is 91.7 Å². The zero-order valence-corrected chi connectivity index (χ0v) is 9.54. The number of fused-ring (bicyclic) bond motifs is 1. The van der Waals surface area contributed by atoms with E-state index in [9.17, 15) is 4.79 Å². The maximum Gasteiger partial charge on any atom is 0.193 e. The van der Waals surface area contributed by atoms with Gasteiger partial charge in [-0.15, -0.1) is 11.3 Å². The van der Waals surface area contributed by atoms with Gasteiger partial charge >= 0.3 is 0 Å². The summed E-state index contributed by atoms with van der Waals surface area (Å²) >= 11 is 1.55. The first-order valence-corrected chi connectivity index (χ1v) is 5.58. The van der Waals surface area contributed by atoms with E-state index in [1.807, 2.05) is 22.2 Å². The Kier molecular flexibility index (Phi) is 2.36. The summed E-state index contributed by atoms with van der Waals surface area (Å²) in [5.41, 5.74) is 5.72. The zero-order chi connectivity index (χ0) is 11.1. The number of rotatable bonds is 3. The molecule has 0 amide bonds. The summed E-state index contributed by atoms with van der Waals surface area (Å²) < 4.78 is 1.91. The van der Waals surface area contributed by atoms with Crippen LogP contribution in [0.25, 0.3) is 4.96 Å². The molecule has 4 nitrogen and oxygen atoms in total. The van der Waals surface area contributed by atoms with Crippen LogP contribution in [0.4, 0.5) is 0 Å². The molecule has 2 aromatic rings. The van der Waals surface area contributed by atoms with Crippen molar-refractivity contribution in [2.45, 2.75) is 25.8 Å². The van der Waals surface area contributed by atoms with Gasteiger partial charge in [0.15, 0.2) is 10.7 Å². The average Bonchev–Trinajstić information content (AvgIpc) is 2.61. The lowest BCUT2D eigenvalue weighted by atomic mass is 9.97. The standard InChI is InChI=1S/C10H13N3OS/c1-10(2,11)8(14)5-7-6-13-3-4-15-9(13)12-7/h3-4,6H,5,11H2,1-2H3. The first-order chi connectivity index (χ1) is 6.97. The zero-order valence-electron chi connectivity index (χ0n) is 8.73. The predicted molar refractivity (Wildman–Crippen MR) is 60.0 cm³/mol. The quantitative estimate of drug-likeness (QED) is 0.851. The van der Waals surface area contributed by atoms with Gasteiger partial charge < -0.3 is 5.73 Å². The Morgan fingerprint density at radius 2 is 2.40 bits per heavy atom. The molecular weight excluding hydrogens is 210 g/mol. The van der Waals surface area contributed by atoms with Crippen LogP contribution >= 0.6 is 11.3 Å². The lowest BCUT2D eigenvalue weighted by Gasteiger charge is -2.15. The topological polar surface area (TPSA) is 60.4 Å². The van der Waals surface area contributed by atoms with Crippen LogP contribution in [0.2, 0.25) is 0 Å². The van der Waals surface area contributed by atoms with Gasteiger partial charge in [0.1, 0.15) is 0 Å². The van der Waals surface area contributed by atoms with Crippen molar-refractivity contribution < 1.29 is 4.79 Å². The number of Topliss-reactive ketones (excluding diaryl/α,β-unsaturated/α-hetero) is 1. The van der Waals surface area contributed by atoms with E-state index in [2.05, 4.69) is 4.98 Å². The second-order valence-electron chi connectivity index (χ2n) is 4.15. The monoisotopic (exact) mass is 223 g/mol. The molecule has 0 unspecified atom stereocenters. The number of hydrogen-bond acceptors (Lipinski definition) is 4. The van der Waals surface area contributed by atoms with E-state index in [-0.39, 0.29) is 5.78 Å². The minimum absolute atomic E-state index is 0.00764. The van der Waals surface area contributed by atoms with Crippen molar-refractivity contribution in [1.82, 2.24) is 9.38 Å². The minimum Gasteiger partial charge on any atom is -0.319 e. The van der Waals surface area contributed by atoms with E-state index < -0.39 is 5.54 Å². The van der Waals surface area contributed by atoms with Crippen molar-refractivity contribution in [3.63, 3.8) is 0 Å². The van der Waals surface area contributed by atoms with Crippen molar-refractivity contribution in [3.8, 4) is 0 Å². The van der Waals surface area contributed by atoms with Crippen molar-refractivity contribution in [2.24, 2.45) is 5.73 Å². The van der Waals surface area contributed by atoms with Gasteiger partial charge in [0.2, 0.25) is 0 Å². The summed E-state index contributed by atoms with van der Waals surface area (Å²) in [4.78, 5) is 16.9. The second kappa shape index (κ2) is 3.43. The molecule has 0 atom stereocenters. The molecule has 0 spiro atoms. The fraction of sp³-hybridized carbons (Fsp3) is 0.400. The molecular formula is C10H13N3OS. The van der Waals surface area contributed by atoms with E-state index in [1.165, 1.54) is 0 Å². The van der Waals surface area contributed by atoms with Crippen molar-refractivity contribution in [3.05, 3.63) is 23.5 Å². The highest BCUT2D eigenvalue weighted by molar-refractivity contribution is 7.15. The van der Waals surface area contributed by atoms with E-state index in [4.69, 9.17) is 5.73 Å². The maximum absolute atomic E-state index is 11.7. The van der Waals surface area contributed by atoms with Crippen molar-refractivity contribution in [1.29, 1.82) is 0 Å². The van der Waals surface area contributed by atoms with Gasteiger partial charge in [0.25, 0.3) is 0 Å². The molecule has 2 N–H and O–H groups in total. The van der Waals surface area contributed by atoms with Crippen molar-refractivity contribution >= 4 is 22.1 Å². The number of aromatic nitrogens is 2.